The number of nitrogens with zero attached hydrogens (tertiary/aromatic N) is 6. The highest BCUT2D eigenvalue weighted by Gasteiger charge is 2.10. The minimum atomic E-state index is -0.883. The summed E-state index contributed by atoms with van der Waals surface area (Å²) in [6.07, 6.45) is 3.21. The van der Waals surface area contributed by atoms with Crippen LogP contribution in [0.4, 0.5) is 0 Å². The molecule has 1 N–H and O–H groups in total. The van der Waals surface area contributed by atoms with E-state index in [1.165, 1.54) is 0 Å². The lowest BCUT2D eigenvalue weighted by Crippen LogP contribution is -2.08. The minimum Gasteiger partial charge on any atom is -0.481 e. The molecule has 0 aliphatic carbocycles. The molecule has 2 aromatic heterocycles. The Balaban J connectivity index is 2.10. The van der Waals surface area contributed by atoms with Crippen LogP contribution in [0.25, 0.3) is 0 Å². The van der Waals surface area contributed by atoms with Gasteiger partial charge in [-0.2, -0.15) is 0 Å². The summed E-state index contributed by atoms with van der Waals surface area (Å²) in [5.74, 6) is -0.139. The summed E-state index contributed by atoms with van der Waals surface area (Å²) in [5.41, 5.74) is 0. The Kier molecular flexibility index (Phi) is 3.92. The van der Waals surface area contributed by atoms with Crippen molar-refractivity contribution in [1.82, 2.24) is 29.5 Å². The Labute approximate surface area is 107 Å². The maximum atomic E-state index is 10.5. The van der Waals surface area contributed by atoms with E-state index >= 15 is 0 Å². The first-order valence-electron chi connectivity index (χ1n) is 5.29. The second kappa shape index (κ2) is 5.63. The van der Waals surface area contributed by atoms with E-state index in [4.69, 9.17) is 5.11 Å². The predicted octanol–water partition coefficient (Wildman–Crippen LogP) is 0.114. The number of hydrogen-bond acceptors (Lipinski definition) is 6. The topological polar surface area (TPSA) is 98.7 Å². The van der Waals surface area contributed by atoms with E-state index in [0.29, 0.717) is 11.7 Å². The molecule has 0 bridgehead atoms. The molecule has 0 amide bonds. The predicted molar refractivity (Wildman–Crippen MR) is 63.2 cm³/mol. The quantitative estimate of drug-likeness (QED) is 0.742. The minimum absolute atomic E-state index is 0.0425. The molecule has 0 saturated carbocycles. The summed E-state index contributed by atoms with van der Waals surface area (Å²) in [4.78, 5) is 10.5. The molecule has 0 aliphatic rings. The summed E-state index contributed by atoms with van der Waals surface area (Å²) in [6.45, 7) is 3.25. The smallest absolute Gasteiger partial charge is 0.313 e. The van der Waals surface area contributed by atoms with Crippen LogP contribution in [0.5, 0.6) is 0 Å². The maximum Gasteiger partial charge on any atom is 0.313 e. The lowest BCUT2D eigenvalue weighted by molar-refractivity contribution is -0.133. The van der Waals surface area contributed by atoms with Crippen LogP contribution in [0, 0.1) is 0 Å². The van der Waals surface area contributed by atoms with E-state index in [9.17, 15) is 4.79 Å². The SMILES string of the molecule is CCn1cnnc1Cn1cnnc1SCC(=O)O. The molecule has 2 heterocycles. The van der Waals surface area contributed by atoms with Crippen LogP contribution >= 0.6 is 11.8 Å². The molecule has 9 heteroatoms. The number of aliphatic carboxylic acids is 1. The lowest BCUT2D eigenvalue weighted by atomic mass is 10.5. The molecule has 0 spiro atoms. The molecule has 0 unspecified atom stereocenters. The van der Waals surface area contributed by atoms with Crippen LogP contribution in [0.3, 0.4) is 0 Å². The molecule has 0 atom stereocenters. The summed E-state index contributed by atoms with van der Waals surface area (Å²) in [5, 5.41) is 24.7. The van der Waals surface area contributed by atoms with Gasteiger partial charge in [0.1, 0.15) is 12.7 Å². The fourth-order valence-corrected chi connectivity index (χ4v) is 2.04. The highest BCUT2D eigenvalue weighted by molar-refractivity contribution is 7.99. The van der Waals surface area contributed by atoms with E-state index in [0.717, 1.165) is 24.1 Å². The first kappa shape index (κ1) is 12.6. The average molecular weight is 268 g/mol. The molecule has 0 fully saturated rings. The van der Waals surface area contributed by atoms with Gasteiger partial charge in [-0.25, -0.2) is 0 Å². The summed E-state index contributed by atoms with van der Waals surface area (Å²) < 4.78 is 3.66. The molecular weight excluding hydrogens is 256 g/mol. The Hall–Kier alpha value is -1.90. The number of carboxylic acid groups (broad SMARTS) is 1. The number of rotatable bonds is 6. The van der Waals surface area contributed by atoms with Gasteiger partial charge in [0.15, 0.2) is 11.0 Å². The fraction of sp³-hybridized carbons (Fsp3) is 0.444. The summed E-state index contributed by atoms with van der Waals surface area (Å²) in [7, 11) is 0. The lowest BCUT2D eigenvalue weighted by Gasteiger charge is -2.05. The van der Waals surface area contributed by atoms with Gasteiger partial charge in [0.25, 0.3) is 0 Å². The van der Waals surface area contributed by atoms with Crippen LogP contribution in [0.2, 0.25) is 0 Å². The van der Waals surface area contributed by atoms with Gasteiger partial charge in [-0.15, -0.1) is 20.4 Å². The largest absolute Gasteiger partial charge is 0.481 e. The highest BCUT2D eigenvalue weighted by atomic mass is 32.2. The monoisotopic (exact) mass is 268 g/mol. The van der Waals surface area contributed by atoms with Crippen molar-refractivity contribution in [1.29, 1.82) is 0 Å². The standard InChI is InChI=1S/C9H12N6O2S/c1-2-14-5-10-12-7(14)3-15-6-11-13-9(15)18-4-8(16)17/h5-6H,2-4H2,1H3,(H,16,17). The van der Waals surface area contributed by atoms with E-state index < -0.39 is 5.97 Å². The first-order valence-corrected chi connectivity index (χ1v) is 6.28. The van der Waals surface area contributed by atoms with Crippen molar-refractivity contribution in [3.8, 4) is 0 Å². The Morgan fingerprint density at radius 1 is 1.33 bits per heavy atom. The third-order valence-electron chi connectivity index (χ3n) is 2.25. The van der Waals surface area contributed by atoms with E-state index in [2.05, 4.69) is 20.4 Å². The molecule has 0 aromatic carbocycles. The number of thioether (sulfide) groups is 1. The second-order valence-electron chi connectivity index (χ2n) is 3.46. The van der Waals surface area contributed by atoms with Crippen LogP contribution in [-0.4, -0.2) is 46.4 Å². The van der Waals surface area contributed by atoms with Crippen molar-refractivity contribution < 1.29 is 9.90 Å². The molecule has 2 rings (SSSR count). The normalized spacial score (nSPS) is 10.7. The Morgan fingerprint density at radius 2 is 2.06 bits per heavy atom. The van der Waals surface area contributed by atoms with Crippen LogP contribution in [-0.2, 0) is 17.9 Å². The molecular formula is C9H12N6O2S. The number of hydrogen-bond donors (Lipinski definition) is 1. The highest BCUT2D eigenvalue weighted by Crippen LogP contribution is 2.15. The van der Waals surface area contributed by atoms with Gasteiger partial charge in [0.05, 0.1) is 12.3 Å². The zero-order valence-corrected chi connectivity index (χ0v) is 10.5. The maximum absolute atomic E-state index is 10.5. The zero-order chi connectivity index (χ0) is 13.0. The summed E-state index contributed by atoms with van der Waals surface area (Å²) in [6, 6.07) is 0. The molecule has 96 valence electrons. The molecule has 0 radical (unpaired) electrons. The van der Waals surface area contributed by atoms with Crippen LogP contribution in [0.1, 0.15) is 12.7 Å². The number of carbonyl (C=O) groups is 1. The van der Waals surface area contributed by atoms with Gasteiger partial charge in [-0.3, -0.25) is 4.79 Å². The van der Waals surface area contributed by atoms with Crippen molar-refractivity contribution in [2.45, 2.75) is 25.2 Å². The van der Waals surface area contributed by atoms with Crippen LogP contribution in [0.15, 0.2) is 17.8 Å². The van der Waals surface area contributed by atoms with Crippen molar-refractivity contribution in [3.63, 3.8) is 0 Å². The van der Waals surface area contributed by atoms with Crippen molar-refractivity contribution in [2.75, 3.05) is 5.75 Å². The third kappa shape index (κ3) is 2.86. The van der Waals surface area contributed by atoms with Crippen molar-refractivity contribution >= 4 is 17.7 Å². The molecule has 0 saturated heterocycles. The first-order chi connectivity index (χ1) is 8.70. The average Bonchev–Trinajstić information content (AvgIpc) is 2.96. The number of aryl methyl sites for hydroxylation is 1. The van der Waals surface area contributed by atoms with E-state index in [1.54, 1.807) is 17.2 Å². The molecule has 0 aliphatic heterocycles. The number of aromatic nitrogens is 6. The second-order valence-corrected chi connectivity index (χ2v) is 4.40. The van der Waals surface area contributed by atoms with Gasteiger partial charge < -0.3 is 14.2 Å². The van der Waals surface area contributed by atoms with E-state index in [-0.39, 0.29) is 5.75 Å². The Morgan fingerprint density at radius 3 is 2.78 bits per heavy atom. The van der Waals surface area contributed by atoms with Gasteiger partial charge in [0.2, 0.25) is 0 Å². The third-order valence-corrected chi connectivity index (χ3v) is 3.22. The molecule has 18 heavy (non-hydrogen) atoms. The zero-order valence-electron chi connectivity index (χ0n) is 9.72. The van der Waals surface area contributed by atoms with Gasteiger partial charge in [-0.05, 0) is 6.92 Å². The van der Waals surface area contributed by atoms with E-state index in [1.807, 2.05) is 11.5 Å². The van der Waals surface area contributed by atoms with Crippen LogP contribution < -0.4 is 0 Å². The summed E-state index contributed by atoms with van der Waals surface area (Å²) >= 11 is 1.13. The number of carboxylic acids is 1. The molecule has 8 nitrogen and oxygen atoms in total. The van der Waals surface area contributed by atoms with Gasteiger partial charge in [-0.1, -0.05) is 11.8 Å². The van der Waals surface area contributed by atoms with Crippen molar-refractivity contribution in [3.05, 3.63) is 18.5 Å². The molecule has 2 aromatic rings. The van der Waals surface area contributed by atoms with Gasteiger partial charge in [0, 0.05) is 6.54 Å². The fourth-order valence-electron chi connectivity index (χ4n) is 1.41. The van der Waals surface area contributed by atoms with Crippen molar-refractivity contribution in [2.24, 2.45) is 0 Å². The van der Waals surface area contributed by atoms with Gasteiger partial charge >= 0.3 is 5.97 Å². The Bertz CT molecular complexity index is 537.